The number of thioether (sulfide) groups is 1. The Morgan fingerprint density at radius 2 is 1.90 bits per heavy atom. The molecule has 3 rings (SSSR count). The standard InChI is InChI=1S/C18H24O2S/c1-21-18(12-13-20-17(18)19)16(14-8-4-2-5-9-14)15-10-6-3-7-11-15/h2,4-5,8-9,15-16H,3,6-7,10-13H2,1H3. The summed E-state index contributed by atoms with van der Waals surface area (Å²) in [4.78, 5) is 12.5. The van der Waals surface area contributed by atoms with Gasteiger partial charge in [0.1, 0.15) is 4.75 Å². The van der Waals surface area contributed by atoms with Crippen molar-refractivity contribution in [3.05, 3.63) is 35.9 Å². The summed E-state index contributed by atoms with van der Waals surface area (Å²) in [5, 5.41) is 0. The highest BCUT2D eigenvalue weighted by atomic mass is 32.2. The van der Waals surface area contributed by atoms with Crippen molar-refractivity contribution in [1.82, 2.24) is 0 Å². The van der Waals surface area contributed by atoms with Crippen molar-refractivity contribution in [3.63, 3.8) is 0 Å². The van der Waals surface area contributed by atoms with Crippen molar-refractivity contribution in [1.29, 1.82) is 0 Å². The Hall–Kier alpha value is -0.960. The predicted molar refractivity (Wildman–Crippen MR) is 87.6 cm³/mol. The third-order valence-corrected chi connectivity index (χ3v) is 6.55. The third kappa shape index (κ3) is 2.73. The van der Waals surface area contributed by atoms with Crippen LogP contribution in [0.15, 0.2) is 30.3 Å². The van der Waals surface area contributed by atoms with E-state index in [1.807, 2.05) is 0 Å². The van der Waals surface area contributed by atoms with Crippen LogP contribution in [-0.2, 0) is 9.53 Å². The van der Waals surface area contributed by atoms with Gasteiger partial charge < -0.3 is 4.74 Å². The van der Waals surface area contributed by atoms with Crippen LogP contribution in [0.1, 0.15) is 50.0 Å². The van der Waals surface area contributed by atoms with E-state index in [0.717, 1.165) is 6.42 Å². The van der Waals surface area contributed by atoms with Gasteiger partial charge in [0.2, 0.25) is 0 Å². The molecule has 0 bridgehead atoms. The molecule has 1 aliphatic carbocycles. The highest BCUT2D eigenvalue weighted by Gasteiger charge is 2.53. The summed E-state index contributed by atoms with van der Waals surface area (Å²) in [5.74, 6) is 0.915. The Labute approximate surface area is 131 Å². The molecular formula is C18H24O2S. The van der Waals surface area contributed by atoms with Gasteiger partial charge in [-0.25, -0.2) is 0 Å². The summed E-state index contributed by atoms with van der Waals surface area (Å²) < 4.78 is 5.02. The number of cyclic esters (lactones) is 1. The normalized spacial score (nSPS) is 28.3. The van der Waals surface area contributed by atoms with Crippen LogP contribution in [0.3, 0.4) is 0 Å². The summed E-state index contributed by atoms with van der Waals surface area (Å²) >= 11 is 1.71. The van der Waals surface area contributed by atoms with E-state index in [1.165, 1.54) is 37.7 Å². The number of hydrogen-bond acceptors (Lipinski definition) is 3. The van der Waals surface area contributed by atoms with Gasteiger partial charge >= 0.3 is 5.97 Å². The molecule has 2 fully saturated rings. The molecule has 2 nitrogen and oxygen atoms in total. The first kappa shape index (κ1) is 15.0. The lowest BCUT2D eigenvalue weighted by atomic mass is 9.70. The van der Waals surface area contributed by atoms with Crippen molar-refractivity contribution in [3.8, 4) is 0 Å². The summed E-state index contributed by atoms with van der Waals surface area (Å²) in [7, 11) is 0. The van der Waals surface area contributed by atoms with Gasteiger partial charge in [0.15, 0.2) is 0 Å². The predicted octanol–water partition coefficient (Wildman–Crippen LogP) is 4.40. The fourth-order valence-corrected chi connectivity index (χ4v) is 5.26. The average Bonchev–Trinajstić information content (AvgIpc) is 2.92. The molecule has 2 unspecified atom stereocenters. The lowest BCUT2D eigenvalue weighted by Crippen LogP contribution is -2.41. The van der Waals surface area contributed by atoms with Gasteiger partial charge in [0.05, 0.1) is 6.61 Å². The molecule has 0 radical (unpaired) electrons. The Morgan fingerprint density at radius 3 is 2.48 bits per heavy atom. The number of esters is 1. The molecule has 3 heteroatoms. The van der Waals surface area contributed by atoms with Gasteiger partial charge in [-0.2, -0.15) is 0 Å². The summed E-state index contributed by atoms with van der Waals surface area (Å²) in [6.07, 6.45) is 9.36. The number of carbonyl (C=O) groups is 1. The van der Waals surface area contributed by atoms with E-state index in [-0.39, 0.29) is 10.7 Å². The molecule has 2 aliphatic rings. The van der Waals surface area contributed by atoms with Crippen molar-refractivity contribution >= 4 is 17.7 Å². The highest BCUT2D eigenvalue weighted by molar-refractivity contribution is 8.00. The molecule has 0 N–H and O–H groups in total. The fourth-order valence-electron chi connectivity index (χ4n) is 4.16. The fraction of sp³-hybridized carbons (Fsp3) is 0.611. The lowest BCUT2D eigenvalue weighted by Gasteiger charge is -2.40. The van der Waals surface area contributed by atoms with Crippen molar-refractivity contribution in [2.24, 2.45) is 5.92 Å². The van der Waals surface area contributed by atoms with Crippen LogP contribution in [0.4, 0.5) is 0 Å². The maximum absolute atomic E-state index is 12.5. The van der Waals surface area contributed by atoms with Gasteiger partial charge in [-0.3, -0.25) is 4.79 Å². The molecule has 0 spiro atoms. The van der Waals surface area contributed by atoms with E-state index in [2.05, 4.69) is 36.6 Å². The van der Waals surface area contributed by atoms with Gasteiger partial charge in [0.25, 0.3) is 0 Å². The van der Waals surface area contributed by atoms with E-state index in [4.69, 9.17) is 4.74 Å². The molecule has 114 valence electrons. The second kappa shape index (κ2) is 6.43. The SMILES string of the molecule is CSC1(C(c2ccccc2)C2CCCCC2)CCOC1=O. The molecule has 1 aliphatic heterocycles. The smallest absolute Gasteiger partial charge is 0.322 e. The minimum Gasteiger partial charge on any atom is -0.465 e. The quantitative estimate of drug-likeness (QED) is 0.771. The number of hydrogen-bond donors (Lipinski definition) is 0. The molecule has 2 atom stereocenters. The van der Waals surface area contributed by atoms with Crippen molar-refractivity contribution < 1.29 is 9.53 Å². The number of ether oxygens (including phenoxy) is 1. The maximum Gasteiger partial charge on any atom is 0.322 e. The second-order valence-corrected chi connectivity index (χ2v) is 7.40. The van der Waals surface area contributed by atoms with Crippen LogP contribution < -0.4 is 0 Å². The van der Waals surface area contributed by atoms with E-state index in [0.29, 0.717) is 18.4 Å². The van der Waals surface area contributed by atoms with Crippen molar-refractivity contribution in [2.75, 3.05) is 12.9 Å². The summed E-state index contributed by atoms with van der Waals surface area (Å²) in [5.41, 5.74) is 1.32. The number of benzene rings is 1. The molecule has 0 amide bonds. The molecule has 1 saturated heterocycles. The largest absolute Gasteiger partial charge is 0.465 e. The van der Waals surface area contributed by atoms with Gasteiger partial charge in [0, 0.05) is 12.3 Å². The zero-order valence-corrected chi connectivity index (χ0v) is 13.5. The topological polar surface area (TPSA) is 26.3 Å². The minimum absolute atomic E-state index is 0.00873. The summed E-state index contributed by atoms with van der Waals surface area (Å²) in [6, 6.07) is 10.6. The van der Waals surface area contributed by atoms with E-state index < -0.39 is 0 Å². The Morgan fingerprint density at radius 1 is 1.19 bits per heavy atom. The molecule has 1 saturated carbocycles. The molecule has 0 aromatic heterocycles. The zero-order chi connectivity index (χ0) is 14.7. The van der Waals surface area contributed by atoms with Crippen LogP contribution >= 0.6 is 11.8 Å². The number of rotatable bonds is 4. The van der Waals surface area contributed by atoms with Gasteiger partial charge in [-0.1, -0.05) is 49.6 Å². The minimum atomic E-state index is -0.372. The van der Waals surface area contributed by atoms with Crippen molar-refractivity contribution in [2.45, 2.75) is 49.2 Å². The van der Waals surface area contributed by atoms with Crippen LogP contribution in [0.25, 0.3) is 0 Å². The Bertz CT molecular complexity index is 481. The molecule has 1 heterocycles. The van der Waals surface area contributed by atoms with E-state index in [9.17, 15) is 4.79 Å². The lowest BCUT2D eigenvalue weighted by molar-refractivity contribution is -0.140. The molecule has 1 aromatic carbocycles. The Kier molecular flexibility index (Phi) is 4.58. The molecular weight excluding hydrogens is 280 g/mol. The van der Waals surface area contributed by atoms with Gasteiger partial charge in [-0.05, 0) is 30.6 Å². The van der Waals surface area contributed by atoms with Crippen LogP contribution in [0, 0.1) is 5.92 Å². The first-order chi connectivity index (χ1) is 10.3. The van der Waals surface area contributed by atoms with Crippen LogP contribution in [0.5, 0.6) is 0 Å². The highest BCUT2D eigenvalue weighted by Crippen LogP contribution is 2.52. The van der Waals surface area contributed by atoms with E-state index in [1.54, 1.807) is 11.8 Å². The Balaban J connectivity index is 2.00. The number of carbonyl (C=O) groups excluding carboxylic acids is 1. The van der Waals surface area contributed by atoms with Crippen LogP contribution in [0.2, 0.25) is 0 Å². The van der Waals surface area contributed by atoms with E-state index >= 15 is 0 Å². The molecule has 1 aromatic rings. The second-order valence-electron chi connectivity index (χ2n) is 6.27. The third-order valence-electron chi connectivity index (χ3n) is 5.20. The van der Waals surface area contributed by atoms with Gasteiger partial charge in [-0.15, -0.1) is 11.8 Å². The maximum atomic E-state index is 12.5. The van der Waals surface area contributed by atoms with Crippen LogP contribution in [-0.4, -0.2) is 23.6 Å². The first-order valence-electron chi connectivity index (χ1n) is 8.05. The molecule has 21 heavy (non-hydrogen) atoms. The first-order valence-corrected chi connectivity index (χ1v) is 9.28. The summed E-state index contributed by atoms with van der Waals surface area (Å²) in [6.45, 7) is 0.579. The zero-order valence-electron chi connectivity index (χ0n) is 12.7. The monoisotopic (exact) mass is 304 g/mol. The average molecular weight is 304 g/mol.